The lowest BCUT2D eigenvalue weighted by atomic mass is 10.1. The average molecular weight is 289 g/mol. The van der Waals surface area contributed by atoms with E-state index in [0.29, 0.717) is 13.0 Å². The summed E-state index contributed by atoms with van der Waals surface area (Å²) in [4.78, 5) is 2.66. The normalized spacial score (nSPS) is 9.31. The zero-order valence-corrected chi connectivity index (χ0v) is 8.97. The largest absolute Gasteiger partial charge is 0.507 e. The highest BCUT2D eigenvalue weighted by Gasteiger charge is 1.98. The monoisotopic (exact) mass is 289 g/mol. The summed E-state index contributed by atoms with van der Waals surface area (Å²) in [6.45, 7) is 0.456. The first kappa shape index (κ1) is 10.1. The highest BCUT2D eigenvalue weighted by Crippen LogP contribution is 2.20. The average Bonchev–Trinajstić information content (AvgIpc) is 2.12. The second-order valence-corrected chi connectivity index (χ2v) is 3.65. The van der Waals surface area contributed by atoms with Crippen molar-refractivity contribution in [1.82, 2.24) is 0 Å². The molecule has 0 aliphatic heterocycles. The van der Waals surface area contributed by atoms with Gasteiger partial charge in [-0.15, -0.1) is 0 Å². The Kier molecular flexibility index (Phi) is 3.85. The first-order valence-electron chi connectivity index (χ1n) is 3.72. The number of benzene rings is 1. The minimum Gasteiger partial charge on any atom is -0.507 e. The summed E-state index contributed by atoms with van der Waals surface area (Å²) in [6, 6.07) is 5.35. The maximum absolute atomic E-state index is 9.23. The van der Waals surface area contributed by atoms with Gasteiger partial charge in [-0.05, 0) is 52.2 Å². The van der Waals surface area contributed by atoms with Gasteiger partial charge in [-0.25, -0.2) is 0 Å². The number of phenolic OH excluding ortho intramolecular Hbond substituents is 1. The van der Waals surface area contributed by atoms with E-state index in [1.54, 1.807) is 6.07 Å². The van der Waals surface area contributed by atoms with Crippen molar-refractivity contribution in [2.75, 3.05) is 6.54 Å². The van der Waals surface area contributed by atoms with Crippen LogP contribution in [0.2, 0.25) is 0 Å². The van der Waals surface area contributed by atoms with Gasteiger partial charge in [-0.3, -0.25) is 0 Å². The molecule has 0 bridgehead atoms. The summed E-state index contributed by atoms with van der Waals surface area (Å²) >= 11 is 2.06. The second kappa shape index (κ2) is 4.94. The summed E-state index contributed by atoms with van der Waals surface area (Å²) in [5, 5.41) is 12.7. The van der Waals surface area contributed by atoms with Crippen LogP contribution in [0.3, 0.4) is 0 Å². The second-order valence-electron chi connectivity index (χ2n) is 2.49. The number of hydrogen-bond acceptors (Lipinski definition) is 2. The smallest absolute Gasteiger partial charge is 0.128 e. The zero-order valence-electron chi connectivity index (χ0n) is 6.81. The Bertz CT molecular complexity index is 347. The van der Waals surface area contributed by atoms with E-state index < -0.39 is 0 Å². The molecule has 1 rings (SSSR count). The van der Waals surface area contributed by atoms with Gasteiger partial charge in [0.1, 0.15) is 5.75 Å². The fourth-order valence-corrected chi connectivity index (χ4v) is 1.51. The van der Waals surface area contributed by atoms with Gasteiger partial charge >= 0.3 is 0 Å². The molecule has 0 atom stereocenters. The lowest BCUT2D eigenvalue weighted by Gasteiger charge is -2.00. The maximum atomic E-state index is 9.23. The lowest BCUT2D eigenvalue weighted by Crippen LogP contribution is -1.88. The maximum Gasteiger partial charge on any atom is 0.128 e. The number of azide groups is 1. The molecule has 1 aromatic rings. The van der Waals surface area contributed by atoms with E-state index in [-0.39, 0.29) is 5.75 Å². The van der Waals surface area contributed by atoms with Crippen molar-refractivity contribution in [3.8, 4) is 5.75 Å². The molecule has 0 radical (unpaired) electrons. The van der Waals surface area contributed by atoms with Crippen LogP contribution in [0.5, 0.6) is 5.75 Å². The van der Waals surface area contributed by atoms with Crippen molar-refractivity contribution in [1.29, 1.82) is 0 Å². The van der Waals surface area contributed by atoms with Gasteiger partial charge in [0.05, 0.1) is 3.57 Å². The SMILES string of the molecule is [N-]=[N+]=NCCc1ccc(O)c(I)c1. The van der Waals surface area contributed by atoms with Gasteiger partial charge in [-0.1, -0.05) is 11.2 Å². The van der Waals surface area contributed by atoms with Gasteiger partial charge in [0.15, 0.2) is 0 Å². The number of halogens is 1. The molecular weight excluding hydrogens is 281 g/mol. The minimum absolute atomic E-state index is 0.285. The van der Waals surface area contributed by atoms with Gasteiger partial charge in [0.25, 0.3) is 0 Å². The molecule has 0 heterocycles. The quantitative estimate of drug-likeness (QED) is 0.395. The molecule has 4 nitrogen and oxygen atoms in total. The predicted molar refractivity (Wildman–Crippen MR) is 58.5 cm³/mol. The number of aromatic hydroxyl groups is 1. The molecule has 1 N–H and O–H groups in total. The van der Waals surface area contributed by atoms with Crippen LogP contribution in [0, 0.1) is 3.57 Å². The highest BCUT2D eigenvalue weighted by atomic mass is 127. The number of nitrogens with zero attached hydrogens (tertiary/aromatic N) is 3. The number of phenols is 1. The third-order valence-electron chi connectivity index (χ3n) is 1.58. The van der Waals surface area contributed by atoms with E-state index in [0.717, 1.165) is 9.13 Å². The number of rotatable bonds is 3. The van der Waals surface area contributed by atoms with E-state index in [1.807, 2.05) is 12.1 Å². The highest BCUT2D eigenvalue weighted by molar-refractivity contribution is 14.1. The molecule has 0 unspecified atom stereocenters. The molecule has 0 amide bonds. The van der Waals surface area contributed by atoms with Crippen LogP contribution in [0.1, 0.15) is 5.56 Å². The van der Waals surface area contributed by atoms with Crippen LogP contribution in [0.25, 0.3) is 10.4 Å². The van der Waals surface area contributed by atoms with Crippen LogP contribution < -0.4 is 0 Å². The van der Waals surface area contributed by atoms with Crippen molar-refractivity contribution < 1.29 is 5.11 Å². The van der Waals surface area contributed by atoms with Crippen molar-refractivity contribution in [2.45, 2.75) is 6.42 Å². The first-order chi connectivity index (χ1) is 6.24. The Morgan fingerprint density at radius 3 is 2.92 bits per heavy atom. The van der Waals surface area contributed by atoms with Crippen LogP contribution in [0.4, 0.5) is 0 Å². The van der Waals surface area contributed by atoms with Crippen LogP contribution in [0.15, 0.2) is 23.3 Å². The summed E-state index contributed by atoms with van der Waals surface area (Å²) in [6.07, 6.45) is 0.709. The molecule has 0 aliphatic rings. The van der Waals surface area contributed by atoms with E-state index >= 15 is 0 Å². The summed E-state index contributed by atoms with van der Waals surface area (Å²) in [7, 11) is 0. The Labute approximate surface area is 89.4 Å². The molecular formula is C8H8IN3O. The first-order valence-corrected chi connectivity index (χ1v) is 4.80. The topological polar surface area (TPSA) is 69.0 Å². The van der Waals surface area contributed by atoms with Gasteiger partial charge < -0.3 is 5.11 Å². The van der Waals surface area contributed by atoms with Crippen LogP contribution >= 0.6 is 22.6 Å². The minimum atomic E-state index is 0.285. The molecule has 0 spiro atoms. The lowest BCUT2D eigenvalue weighted by molar-refractivity contribution is 0.471. The number of hydrogen-bond donors (Lipinski definition) is 1. The van der Waals surface area contributed by atoms with E-state index in [2.05, 4.69) is 32.6 Å². The molecule has 1 aromatic carbocycles. The fourth-order valence-electron chi connectivity index (χ4n) is 0.930. The fraction of sp³-hybridized carbons (Fsp3) is 0.250. The van der Waals surface area contributed by atoms with Gasteiger partial charge in [0, 0.05) is 11.5 Å². The zero-order chi connectivity index (χ0) is 9.68. The van der Waals surface area contributed by atoms with E-state index in [9.17, 15) is 5.11 Å². The van der Waals surface area contributed by atoms with Gasteiger partial charge in [-0.2, -0.15) is 0 Å². The molecule has 0 aliphatic carbocycles. The summed E-state index contributed by atoms with van der Waals surface area (Å²) in [5.41, 5.74) is 9.12. The third kappa shape index (κ3) is 3.12. The predicted octanol–water partition coefficient (Wildman–Crippen LogP) is 2.85. The van der Waals surface area contributed by atoms with E-state index in [4.69, 9.17) is 5.53 Å². The van der Waals surface area contributed by atoms with Crippen molar-refractivity contribution in [2.24, 2.45) is 5.11 Å². The molecule has 5 heteroatoms. The molecule has 0 saturated carbocycles. The van der Waals surface area contributed by atoms with Gasteiger partial charge in [0.2, 0.25) is 0 Å². The van der Waals surface area contributed by atoms with Crippen LogP contribution in [-0.4, -0.2) is 11.7 Å². The van der Waals surface area contributed by atoms with Crippen LogP contribution in [-0.2, 0) is 6.42 Å². The van der Waals surface area contributed by atoms with Crippen molar-refractivity contribution in [3.63, 3.8) is 0 Å². The summed E-state index contributed by atoms with van der Waals surface area (Å²) in [5.74, 6) is 0.285. The molecule has 0 fully saturated rings. The van der Waals surface area contributed by atoms with E-state index in [1.165, 1.54) is 0 Å². The molecule has 13 heavy (non-hydrogen) atoms. The Morgan fingerprint density at radius 2 is 2.31 bits per heavy atom. The molecule has 0 aromatic heterocycles. The molecule has 0 saturated heterocycles. The van der Waals surface area contributed by atoms with Crippen molar-refractivity contribution in [3.05, 3.63) is 37.8 Å². The third-order valence-corrected chi connectivity index (χ3v) is 2.44. The standard InChI is InChI=1S/C8H8IN3O/c9-7-5-6(1-2-8(7)13)3-4-11-12-10/h1-2,5,13H,3-4H2. The summed E-state index contributed by atoms with van der Waals surface area (Å²) < 4.78 is 0.816. The Morgan fingerprint density at radius 1 is 1.54 bits per heavy atom. The Hall–Kier alpha value is -0.940. The Balaban J connectivity index is 2.68. The van der Waals surface area contributed by atoms with Crippen molar-refractivity contribution >= 4 is 22.6 Å². The molecule has 68 valence electrons.